The minimum Gasteiger partial charge on any atom is -0.352 e. The molecule has 0 aliphatic carbocycles. The van der Waals surface area contributed by atoms with E-state index >= 15 is 0 Å². The maximum Gasteiger partial charge on any atom is 0.319 e. The van der Waals surface area contributed by atoms with Gasteiger partial charge < -0.3 is 20.9 Å². The third-order valence-corrected chi connectivity index (χ3v) is 4.39. The molecule has 146 valence electrons. The van der Waals surface area contributed by atoms with Crippen LogP contribution in [0, 0.1) is 0 Å². The molecule has 7 nitrogen and oxygen atoms in total. The van der Waals surface area contributed by atoms with E-state index in [1.807, 2.05) is 26.0 Å². The number of carbonyl (C=O) groups is 2. The maximum atomic E-state index is 12.3. The van der Waals surface area contributed by atoms with Gasteiger partial charge in [-0.15, -0.1) is 0 Å². The molecule has 0 fully saturated rings. The summed E-state index contributed by atoms with van der Waals surface area (Å²) in [6.07, 6.45) is 3.59. The summed E-state index contributed by atoms with van der Waals surface area (Å²) in [6, 6.07) is 8.84. The first kappa shape index (κ1) is 19.7. The second-order valence-electron chi connectivity index (χ2n) is 6.73. The molecule has 0 unspecified atom stereocenters. The number of carbonyl (C=O) groups excluding carboxylic acids is 2. The summed E-state index contributed by atoms with van der Waals surface area (Å²) in [4.78, 5) is 31.2. The van der Waals surface area contributed by atoms with Gasteiger partial charge in [-0.05, 0) is 43.2 Å². The van der Waals surface area contributed by atoms with Crippen LogP contribution in [0.5, 0.6) is 0 Å². The Kier molecular flexibility index (Phi) is 6.16. The quantitative estimate of drug-likeness (QED) is 0.509. The zero-order chi connectivity index (χ0) is 20.1. The van der Waals surface area contributed by atoms with E-state index in [0.717, 1.165) is 16.5 Å². The van der Waals surface area contributed by atoms with Gasteiger partial charge in [-0.3, -0.25) is 4.79 Å². The van der Waals surface area contributed by atoms with Gasteiger partial charge in [-0.25, -0.2) is 9.78 Å². The third-order valence-electron chi connectivity index (χ3n) is 4.08. The summed E-state index contributed by atoms with van der Waals surface area (Å²) in [5.74, 6) is -0.112. The number of anilines is 1. The van der Waals surface area contributed by atoms with Crippen LogP contribution in [0.4, 0.5) is 10.5 Å². The molecule has 0 bridgehead atoms. The van der Waals surface area contributed by atoms with E-state index in [4.69, 9.17) is 11.6 Å². The minimum atomic E-state index is -0.247. The van der Waals surface area contributed by atoms with E-state index in [0.29, 0.717) is 22.9 Å². The number of aromatic amines is 1. The lowest BCUT2D eigenvalue weighted by Gasteiger charge is -2.11. The Labute approximate surface area is 167 Å². The number of amides is 3. The molecule has 3 aromatic rings. The topological polar surface area (TPSA) is 98.9 Å². The number of nitrogens with zero attached hydrogens (tertiary/aromatic N) is 1. The molecule has 28 heavy (non-hydrogen) atoms. The molecule has 0 spiro atoms. The van der Waals surface area contributed by atoms with Crippen LogP contribution in [0.15, 0.2) is 42.7 Å². The second-order valence-corrected chi connectivity index (χ2v) is 7.14. The smallest absolute Gasteiger partial charge is 0.319 e. The van der Waals surface area contributed by atoms with Gasteiger partial charge in [0.05, 0.1) is 11.4 Å². The van der Waals surface area contributed by atoms with Crippen LogP contribution in [-0.4, -0.2) is 27.9 Å². The zero-order valence-electron chi connectivity index (χ0n) is 15.7. The van der Waals surface area contributed by atoms with Crippen LogP contribution in [0.3, 0.4) is 0 Å². The van der Waals surface area contributed by atoms with Crippen molar-refractivity contribution in [3.8, 4) is 0 Å². The predicted molar refractivity (Wildman–Crippen MR) is 110 cm³/mol. The van der Waals surface area contributed by atoms with Gasteiger partial charge >= 0.3 is 6.03 Å². The summed E-state index contributed by atoms with van der Waals surface area (Å²) < 4.78 is 0. The highest BCUT2D eigenvalue weighted by Gasteiger charge is 2.12. The Morgan fingerprint density at radius 2 is 1.93 bits per heavy atom. The number of pyridine rings is 1. The Morgan fingerprint density at radius 1 is 1.18 bits per heavy atom. The van der Waals surface area contributed by atoms with Crippen molar-refractivity contribution in [2.75, 3.05) is 5.32 Å². The molecular weight excluding hydrogens is 378 g/mol. The number of benzene rings is 1. The van der Waals surface area contributed by atoms with Crippen molar-refractivity contribution in [3.05, 3.63) is 58.9 Å². The molecule has 3 amide bonds. The number of fused-ring (bicyclic) bond motifs is 1. The van der Waals surface area contributed by atoms with Gasteiger partial charge in [0.15, 0.2) is 0 Å². The zero-order valence-corrected chi connectivity index (χ0v) is 16.4. The van der Waals surface area contributed by atoms with Gasteiger partial charge in [0.1, 0.15) is 5.65 Å². The number of rotatable bonds is 6. The first-order chi connectivity index (χ1) is 13.4. The van der Waals surface area contributed by atoms with Crippen LogP contribution in [0.1, 0.15) is 25.0 Å². The van der Waals surface area contributed by atoms with Crippen LogP contribution in [-0.2, 0) is 17.8 Å². The Morgan fingerprint density at radius 3 is 2.64 bits per heavy atom. The highest BCUT2D eigenvalue weighted by Crippen LogP contribution is 2.25. The fraction of sp³-hybridized carbons (Fsp3) is 0.250. The number of urea groups is 1. The van der Waals surface area contributed by atoms with Gasteiger partial charge in [-0.1, -0.05) is 23.7 Å². The third kappa shape index (κ3) is 5.01. The molecule has 2 heterocycles. The fourth-order valence-corrected chi connectivity index (χ4v) is 3.06. The number of hydrogen-bond acceptors (Lipinski definition) is 3. The summed E-state index contributed by atoms with van der Waals surface area (Å²) in [5, 5.41) is 9.75. The van der Waals surface area contributed by atoms with E-state index in [2.05, 4.69) is 25.9 Å². The van der Waals surface area contributed by atoms with E-state index in [1.165, 1.54) is 0 Å². The van der Waals surface area contributed by atoms with Crippen molar-refractivity contribution >= 4 is 40.3 Å². The van der Waals surface area contributed by atoms with E-state index < -0.39 is 0 Å². The maximum absolute atomic E-state index is 12.3. The molecule has 0 aliphatic rings. The normalized spacial score (nSPS) is 10.9. The molecular formula is C20H22ClN5O2. The first-order valence-corrected chi connectivity index (χ1v) is 9.34. The van der Waals surface area contributed by atoms with Crippen molar-refractivity contribution in [1.82, 2.24) is 20.6 Å². The van der Waals surface area contributed by atoms with Crippen LogP contribution in [0.2, 0.25) is 5.02 Å². The average Bonchev–Trinajstić information content (AvgIpc) is 3.04. The SMILES string of the molecule is CC(C)NC(=O)Nc1ccc(CNC(=O)Cc2c[nH]c3nccc(Cl)c23)cc1. The molecule has 2 aromatic heterocycles. The molecule has 0 saturated carbocycles. The van der Waals surface area contributed by atoms with Crippen molar-refractivity contribution in [3.63, 3.8) is 0 Å². The summed E-state index contributed by atoms with van der Waals surface area (Å²) >= 11 is 6.21. The lowest BCUT2D eigenvalue weighted by atomic mass is 10.1. The number of H-pyrrole nitrogens is 1. The van der Waals surface area contributed by atoms with E-state index in [-0.39, 0.29) is 24.4 Å². The van der Waals surface area contributed by atoms with Crippen molar-refractivity contribution in [2.45, 2.75) is 32.9 Å². The Balaban J connectivity index is 1.53. The van der Waals surface area contributed by atoms with Crippen molar-refractivity contribution in [2.24, 2.45) is 0 Å². The molecule has 4 N–H and O–H groups in total. The van der Waals surface area contributed by atoms with Gasteiger partial charge in [0.25, 0.3) is 0 Å². The fourth-order valence-electron chi connectivity index (χ4n) is 2.79. The first-order valence-electron chi connectivity index (χ1n) is 8.96. The summed E-state index contributed by atoms with van der Waals surface area (Å²) in [7, 11) is 0. The van der Waals surface area contributed by atoms with Crippen molar-refractivity contribution < 1.29 is 9.59 Å². The highest BCUT2D eigenvalue weighted by atomic mass is 35.5. The Bertz CT molecular complexity index is 982. The number of hydrogen-bond donors (Lipinski definition) is 4. The molecule has 0 saturated heterocycles. The predicted octanol–water partition coefficient (Wildman–Crippen LogP) is 3.61. The Hall–Kier alpha value is -3.06. The monoisotopic (exact) mass is 399 g/mol. The number of aromatic nitrogens is 2. The largest absolute Gasteiger partial charge is 0.352 e. The van der Waals surface area contributed by atoms with E-state index in [1.54, 1.807) is 30.6 Å². The van der Waals surface area contributed by atoms with Gasteiger partial charge in [0.2, 0.25) is 5.91 Å². The van der Waals surface area contributed by atoms with Gasteiger partial charge in [-0.2, -0.15) is 0 Å². The van der Waals surface area contributed by atoms with Gasteiger partial charge in [0, 0.05) is 36.1 Å². The minimum absolute atomic E-state index is 0.0669. The standard InChI is InChI=1S/C20H22ClN5O2/c1-12(2)25-20(28)26-15-5-3-13(4-6-15)10-23-17(27)9-14-11-24-19-18(14)16(21)7-8-22-19/h3-8,11-12H,9-10H2,1-2H3,(H,22,24)(H,23,27)(H2,25,26,28). The van der Waals surface area contributed by atoms with Crippen LogP contribution < -0.4 is 16.0 Å². The lowest BCUT2D eigenvalue weighted by Crippen LogP contribution is -2.34. The van der Waals surface area contributed by atoms with Crippen LogP contribution in [0.25, 0.3) is 11.0 Å². The molecule has 0 atom stereocenters. The lowest BCUT2D eigenvalue weighted by molar-refractivity contribution is -0.120. The molecule has 3 rings (SSSR count). The van der Waals surface area contributed by atoms with Crippen molar-refractivity contribution in [1.29, 1.82) is 0 Å². The molecule has 0 radical (unpaired) electrons. The summed E-state index contributed by atoms with van der Waals surface area (Å²) in [6.45, 7) is 4.18. The highest BCUT2D eigenvalue weighted by molar-refractivity contribution is 6.35. The molecule has 0 aliphatic heterocycles. The second kappa shape index (κ2) is 8.75. The van der Waals surface area contributed by atoms with Crippen LogP contribution >= 0.6 is 11.6 Å². The average molecular weight is 400 g/mol. The van der Waals surface area contributed by atoms with E-state index in [9.17, 15) is 9.59 Å². The molecule has 8 heteroatoms. The number of halogens is 1. The number of nitrogens with one attached hydrogen (secondary N) is 4. The summed E-state index contributed by atoms with van der Waals surface area (Å²) in [5.41, 5.74) is 3.09. The molecule has 1 aromatic carbocycles.